The van der Waals surface area contributed by atoms with Gasteiger partial charge in [-0.2, -0.15) is 10.2 Å². The molecule has 1 aromatic carbocycles. The SMILES string of the molecule is N#Cc1ccc(Oc2ccc(Br)c(C=O)c2)nc1OC1CCCC1. The molecule has 5 nitrogen and oxygen atoms in total. The maximum atomic E-state index is 11.0. The quantitative estimate of drug-likeness (QED) is 0.699. The van der Waals surface area contributed by atoms with E-state index in [1.54, 1.807) is 30.3 Å². The Morgan fingerprint density at radius 1 is 1.25 bits per heavy atom. The summed E-state index contributed by atoms with van der Waals surface area (Å²) in [6.45, 7) is 0. The molecule has 0 radical (unpaired) electrons. The number of pyridine rings is 1. The fourth-order valence-electron chi connectivity index (χ4n) is 2.62. The lowest BCUT2D eigenvalue weighted by atomic mass is 10.2. The van der Waals surface area contributed by atoms with Crippen molar-refractivity contribution in [2.45, 2.75) is 31.8 Å². The molecule has 0 aliphatic heterocycles. The summed E-state index contributed by atoms with van der Waals surface area (Å²) in [7, 11) is 0. The van der Waals surface area contributed by atoms with E-state index in [4.69, 9.17) is 9.47 Å². The highest BCUT2D eigenvalue weighted by Crippen LogP contribution is 2.29. The van der Waals surface area contributed by atoms with Gasteiger partial charge in [0.1, 0.15) is 23.5 Å². The minimum atomic E-state index is 0.106. The lowest BCUT2D eigenvalue weighted by Crippen LogP contribution is -2.13. The van der Waals surface area contributed by atoms with E-state index < -0.39 is 0 Å². The van der Waals surface area contributed by atoms with Gasteiger partial charge in [-0.1, -0.05) is 15.9 Å². The van der Waals surface area contributed by atoms with Crippen molar-refractivity contribution in [2.24, 2.45) is 0 Å². The number of rotatable bonds is 5. The Balaban J connectivity index is 1.83. The van der Waals surface area contributed by atoms with Crippen LogP contribution in [0.1, 0.15) is 41.6 Å². The van der Waals surface area contributed by atoms with Gasteiger partial charge in [-0.25, -0.2) is 0 Å². The Kier molecular flexibility index (Phi) is 5.11. The molecule has 0 atom stereocenters. The molecule has 1 heterocycles. The lowest BCUT2D eigenvalue weighted by molar-refractivity contribution is 0.112. The van der Waals surface area contributed by atoms with Gasteiger partial charge in [0.2, 0.25) is 11.8 Å². The molecule has 24 heavy (non-hydrogen) atoms. The summed E-state index contributed by atoms with van der Waals surface area (Å²) in [5.41, 5.74) is 0.877. The van der Waals surface area contributed by atoms with Gasteiger partial charge in [0.25, 0.3) is 0 Å². The molecule has 3 rings (SSSR count). The number of nitrogens with zero attached hydrogens (tertiary/aromatic N) is 2. The van der Waals surface area contributed by atoms with E-state index in [1.807, 2.05) is 0 Å². The molecule has 1 saturated carbocycles. The van der Waals surface area contributed by atoms with Crippen LogP contribution in [-0.4, -0.2) is 17.4 Å². The van der Waals surface area contributed by atoms with Crippen LogP contribution in [0.15, 0.2) is 34.8 Å². The highest BCUT2D eigenvalue weighted by Gasteiger charge is 2.19. The van der Waals surface area contributed by atoms with Crippen LogP contribution in [0.3, 0.4) is 0 Å². The average Bonchev–Trinajstić information content (AvgIpc) is 3.10. The van der Waals surface area contributed by atoms with Gasteiger partial charge in [-0.05, 0) is 49.9 Å². The Morgan fingerprint density at radius 3 is 2.75 bits per heavy atom. The molecule has 2 aromatic rings. The van der Waals surface area contributed by atoms with Crippen molar-refractivity contribution in [1.29, 1.82) is 5.26 Å². The van der Waals surface area contributed by atoms with E-state index in [9.17, 15) is 10.1 Å². The molecule has 0 spiro atoms. The van der Waals surface area contributed by atoms with Crippen LogP contribution in [0.25, 0.3) is 0 Å². The number of carbonyl (C=O) groups is 1. The number of halogens is 1. The van der Waals surface area contributed by atoms with E-state index in [0.717, 1.165) is 32.0 Å². The van der Waals surface area contributed by atoms with Gasteiger partial charge in [0.15, 0.2) is 6.29 Å². The first-order valence-corrected chi connectivity index (χ1v) is 8.49. The van der Waals surface area contributed by atoms with E-state index in [2.05, 4.69) is 27.0 Å². The van der Waals surface area contributed by atoms with Crippen molar-refractivity contribution in [3.8, 4) is 23.6 Å². The van der Waals surface area contributed by atoms with Crippen LogP contribution in [0.2, 0.25) is 0 Å². The van der Waals surface area contributed by atoms with Gasteiger partial charge in [-0.15, -0.1) is 0 Å². The van der Waals surface area contributed by atoms with Crippen molar-refractivity contribution in [2.75, 3.05) is 0 Å². The normalized spacial score (nSPS) is 14.2. The van der Waals surface area contributed by atoms with Gasteiger partial charge < -0.3 is 9.47 Å². The van der Waals surface area contributed by atoms with Gasteiger partial charge in [-0.3, -0.25) is 4.79 Å². The summed E-state index contributed by atoms with van der Waals surface area (Å²) < 4.78 is 12.3. The second-order valence-electron chi connectivity index (χ2n) is 5.54. The Morgan fingerprint density at radius 2 is 2.04 bits per heavy atom. The zero-order valence-corrected chi connectivity index (χ0v) is 14.5. The molecular formula is C18H15BrN2O3. The molecule has 0 amide bonds. The smallest absolute Gasteiger partial charge is 0.235 e. The summed E-state index contributed by atoms with van der Waals surface area (Å²) in [6, 6.07) is 10.4. The molecule has 0 bridgehead atoms. The van der Waals surface area contributed by atoms with Crippen molar-refractivity contribution in [1.82, 2.24) is 4.98 Å². The molecule has 6 heteroatoms. The van der Waals surface area contributed by atoms with Crippen LogP contribution in [0.5, 0.6) is 17.5 Å². The predicted octanol–water partition coefficient (Wildman–Crippen LogP) is 4.64. The number of hydrogen-bond donors (Lipinski definition) is 0. The second kappa shape index (κ2) is 7.45. The average molecular weight is 387 g/mol. The fraction of sp³-hybridized carbons (Fsp3) is 0.278. The maximum Gasteiger partial charge on any atom is 0.235 e. The first-order valence-electron chi connectivity index (χ1n) is 7.70. The minimum absolute atomic E-state index is 0.106. The van der Waals surface area contributed by atoms with Crippen molar-refractivity contribution >= 4 is 22.2 Å². The third kappa shape index (κ3) is 3.74. The lowest BCUT2D eigenvalue weighted by Gasteiger charge is -2.14. The van der Waals surface area contributed by atoms with Crippen molar-refractivity contribution in [3.05, 3.63) is 45.9 Å². The molecule has 1 aliphatic carbocycles. The monoisotopic (exact) mass is 386 g/mol. The summed E-state index contributed by atoms with van der Waals surface area (Å²) in [5, 5.41) is 9.22. The van der Waals surface area contributed by atoms with E-state index >= 15 is 0 Å². The molecule has 0 N–H and O–H groups in total. The molecule has 122 valence electrons. The third-order valence-corrected chi connectivity index (χ3v) is 4.57. The fourth-order valence-corrected chi connectivity index (χ4v) is 2.96. The largest absolute Gasteiger partial charge is 0.473 e. The van der Waals surface area contributed by atoms with Gasteiger partial charge in [0, 0.05) is 16.1 Å². The standard InChI is InChI=1S/C18H15BrN2O3/c19-16-7-6-15(9-13(16)11-22)23-17-8-5-12(10-20)18(21-17)24-14-3-1-2-4-14/h5-9,11,14H,1-4H2. The van der Waals surface area contributed by atoms with Crippen LogP contribution in [0, 0.1) is 11.3 Å². The number of nitriles is 1. The van der Waals surface area contributed by atoms with Crippen LogP contribution in [0.4, 0.5) is 0 Å². The van der Waals surface area contributed by atoms with Gasteiger partial charge >= 0.3 is 0 Å². The van der Waals surface area contributed by atoms with Gasteiger partial charge in [0.05, 0.1) is 0 Å². The molecule has 1 fully saturated rings. The van der Waals surface area contributed by atoms with Crippen LogP contribution in [-0.2, 0) is 0 Å². The maximum absolute atomic E-state index is 11.0. The van der Waals surface area contributed by atoms with E-state index in [-0.39, 0.29) is 6.10 Å². The number of carbonyl (C=O) groups excluding carboxylic acids is 1. The Bertz CT molecular complexity index is 795. The van der Waals surface area contributed by atoms with Crippen molar-refractivity contribution < 1.29 is 14.3 Å². The molecule has 0 saturated heterocycles. The summed E-state index contributed by atoms with van der Waals surface area (Å²) in [6.07, 6.45) is 5.08. The van der Waals surface area contributed by atoms with Crippen LogP contribution < -0.4 is 9.47 Å². The summed E-state index contributed by atoms with van der Waals surface area (Å²) in [4.78, 5) is 15.3. The van der Waals surface area contributed by atoms with Crippen LogP contribution >= 0.6 is 15.9 Å². The number of benzene rings is 1. The summed E-state index contributed by atoms with van der Waals surface area (Å²) in [5.74, 6) is 1.11. The number of ether oxygens (including phenoxy) is 2. The third-order valence-electron chi connectivity index (χ3n) is 3.85. The highest BCUT2D eigenvalue weighted by atomic mass is 79.9. The second-order valence-corrected chi connectivity index (χ2v) is 6.40. The first kappa shape index (κ1) is 16.5. The first-order chi connectivity index (χ1) is 11.7. The Labute approximate surface area is 148 Å². The highest BCUT2D eigenvalue weighted by molar-refractivity contribution is 9.10. The minimum Gasteiger partial charge on any atom is -0.473 e. The summed E-state index contributed by atoms with van der Waals surface area (Å²) >= 11 is 3.30. The molecule has 1 aromatic heterocycles. The Hall–Kier alpha value is -2.39. The van der Waals surface area contributed by atoms with E-state index in [1.165, 1.54) is 0 Å². The molecule has 1 aliphatic rings. The zero-order chi connectivity index (χ0) is 16.9. The predicted molar refractivity (Wildman–Crippen MR) is 91.4 cm³/mol. The van der Waals surface area contributed by atoms with E-state index in [0.29, 0.717) is 33.1 Å². The van der Waals surface area contributed by atoms with Crippen molar-refractivity contribution in [3.63, 3.8) is 0 Å². The topological polar surface area (TPSA) is 72.2 Å². The number of aldehydes is 1. The number of hydrogen-bond acceptors (Lipinski definition) is 5. The zero-order valence-electron chi connectivity index (χ0n) is 12.9. The number of aromatic nitrogens is 1. The molecular weight excluding hydrogens is 372 g/mol. The molecule has 0 unspecified atom stereocenters.